The monoisotopic (exact) mass is 379 g/mol. The topological polar surface area (TPSA) is 55.4 Å². The normalized spacial score (nSPS) is 12.3. The predicted octanol–water partition coefficient (Wildman–Crippen LogP) is 4.00. The van der Waals surface area contributed by atoms with Crippen LogP contribution in [-0.2, 0) is 22.1 Å². The van der Waals surface area contributed by atoms with Gasteiger partial charge >= 0.3 is 12.1 Å². The Balaban J connectivity index is 1.78. The molecule has 0 spiro atoms. The number of aryl methyl sites for hydroxylation is 1. The molecule has 1 atom stereocenters. The van der Waals surface area contributed by atoms with Crippen LogP contribution in [-0.4, -0.2) is 24.5 Å². The zero-order valence-electron chi connectivity index (χ0n) is 14.8. The molecule has 0 bridgehead atoms. The van der Waals surface area contributed by atoms with Gasteiger partial charge in [0.15, 0.2) is 6.61 Å². The largest absolute Gasteiger partial charge is 0.452 e. The van der Waals surface area contributed by atoms with Crippen molar-refractivity contribution in [3.8, 4) is 0 Å². The lowest BCUT2D eigenvalue weighted by Crippen LogP contribution is -2.36. The third kappa shape index (κ3) is 6.77. The summed E-state index contributed by atoms with van der Waals surface area (Å²) >= 11 is 0. The zero-order chi connectivity index (χ0) is 19.9. The number of carbonyl (C=O) groups is 2. The van der Waals surface area contributed by atoms with E-state index >= 15 is 0 Å². The second kappa shape index (κ2) is 9.21. The van der Waals surface area contributed by atoms with Crippen LogP contribution < -0.4 is 5.32 Å². The van der Waals surface area contributed by atoms with Crippen molar-refractivity contribution in [3.05, 3.63) is 71.3 Å². The number of amides is 1. The number of halogens is 3. The van der Waals surface area contributed by atoms with E-state index in [9.17, 15) is 22.8 Å². The van der Waals surface area contributed by atoms with Gasteiger partial charge in [-0.05, 0) is 43.5 Å². The first kappa shape index (κ1) is 20.5. The van der Waals surface area contributed by atoms with Gasteiger partial charge in [-0.15, -0.1) is 0 Å². The fraction of sp³-hybridized carbons (Fsp3) is 0.300. The molecule has 0 unspecified atom stereocenters. The van der Waals surface area contributed by atoms with Crippen LogP contribution in [0.5, 0.6) is 0 Å². The van der Waals surface area contributed by atoms with E-state index < -0.39 is 30.2 Å². The summed E-state index contributed by atoms with van der Waals surface area (Å²) in [5.41, 5.74) is -0.0553. The van der Waals surface area contributed by atoms with Crippen LogP contribution in [0.4, 0.5) is 13.2 Å². The molecule has 0 fully saturated rings. The van der Waals surface area contributed by atoms with Gasteiger partial charge in [0, 0.05) is 6.04 Å². The molecule has 1 amide bonds. The van der Waals surface area contributed by atoms with Gasteiger partial charge < -0.3 is 10.1 Å². The Bertz CT molecular complexity index is 776. The van der Waals surface area contributed by atoms with E-state index in [4.69, 9.17) is 4.74 Å². The smallest absolute Gasteiger partial charge is 0.416 e. The van der Waals surface area contributed by atoms with Gasteiger partial charge in [-0.1, -0.05) is 36.4 Å². The van der Waals surface area contributed by atoms with Crippen molar-refractivity contribution in [2.45, 2.75) is 32.0 Å². The maximum absolute atomic E-state index is 12.7. The average Bonchev–Trinajstić information content (AvgIpc) is 2.64. The van der Waals surface area contributed by atoms with E-state index in [1.165, 1.54) is 6.07 Å². The van der Waals surface area contributed by atoms with E-state index in [2.05, 4.69) is 5.32 Å². The molecule has 7 heteroatoms. The molecule has 0 aliphatic carbocycles. The number of alkyl halides is 3. The fourth-order valence-electron chi connectivity index (χ4n) is 2.45. The SMILES string of the molecule is C[C@H](CCc1ccccc1)NC(=O)COC(=O)c1cccc(C(F)(F)F)c1. The summed E-state index contributed by atoms with van der Waals surface area (Å²) < 4.78 is 42.8. The molecule has 0 saturated heterocycles. The Morgan fingerprint density at radius 1 is 1.07 bits per heavy atom. The van der Waals surface area contributed by atoms with E-state index in [1.807, 2.05) is 37.3 Å². The maximum atomic E-state index is 12.7. The van der Waals surface area contributed by atoms with Gasteiger partial charge in [-0.25, -0.2) is 4.79 Å². The summed E-state index contributed by atoms with van der Waals surface area (Å²) in [5, 5.41) is 2.70. The highest BCUT2D eigenvalue weighted by Gasteiger charge is 2.31. The quantitative estimate of drug-likeness (QED) is 0.740. The summed E-state index contributed by atoms with van der Waals surface area (Å²) in [5.74, 6) is -1.48. The van der Waals surface area contributed by atoms with Crippen molar-refractivity contribution in [1.82, 2.24) is 5.32 Å². The van der Waals surface area contributed by atoms with E-state index in [1.54, 1.807) is 0 Å². The average molecular weight is 379 g/mol. The molecule has 4 nitrogen and oxygen atoms in total. The van der Waals surface area contributed by atoms with Crippen molar-refractivity contribution >= 4 is 11.9 Å². The molecule has 2 rings (SSSR count). The van der Waals surface area contributed by atoms with Crippen LogP contribution >= 0.6 is 0 Å². The Morgan fingerprint density at radius 3 is 2.44 bits per heavy atom. The minimum atomic E-state index is -4.55. The second-order valence-corrected chi connectivity index (χ2v) is 6.15. The highest BCUT2D eigenvalue weighted by atomic mass is 19.4. The Kier molecular flexibility index (Phi) is 6.98. The Labute approximate surface area is 155 Å². The van der Waals surface area contributed by atoms with Gasteiger partial charge in [-0.3, -0.25) is 4.79 Å². The molecule has 0 heterocycles. The van der Waals surface area contributed by atoms with Gasteiger partial charge in [0.05, 0.1) is 11.1 Å². The van der Waals surface area contributed by atoms with Crippen molar-refractivity contribution < 1.29 is 27.5 Å². The number of rotatable bonds is 7. The van der Waals surface area contributed by atoms with Crippen molar-refractivity contribution in [1.29, 1.82) is 0 Å². The van der Waals surface area contributed by atoms with Crippen molar-refractivity contribution in [3.63, 3.8) is 0 Å². The minimum absolute atomic E-state index is 0.134. The molecule has 1 N–H and O–H groups in total. The zero-order valence-corrected chi connectivity index (χ0v) is 14.8. The van der Waals surface area contributed by atoms with E-state index in [0.717, 1.165) is 24.1 Å². The molecule has 0 aliphatic heterocycles. The Hall–Kier alpha value is -2.83. The first-order chi connectivity index (χ1) is 12.8. The number of nitrogens with one attached hydrogen (secondary N) is 1. The first-order valence-electron chi connectivity index (χ1n) is 8.43. The lowest BCUT2D eigenvalue weighted by atomic mass is 10.1. The molecular formula is C20H20F3NO3. The van der Waals surface area contributed by atoms with Crippen molar-refractivity contribution in [2.24, 2.45) is 0 Å². The number of ether oxygens (including phenoxy) is 1. The summed E-state index contributed by atoms with van der Waals surface area (Å²) in [6.45, 7) is 1.28. The number of hydrogen-bond donors (Lipinski definition) is 1. The summed E-state index contributed by atoms with van der Waals surface area (Å²) in [6, 6.07) is 13.5. The molecule has 0 radical (unpaired) electrons. The highest BCUT2D eigenvalue weighted by Crippen LogP contribution is 2.29. The molecule has 27 heavy (non-hydrogen) atoms. The van der Waals surface area contributed by atoms with Crippen LogP contribution in [0.2, 0.25) is 0 Å². The lowest BCUT2D eigenvalue weighted by Gasteiger charge is -2.14. The molecule has 0 aliphatic rings. The number of hydrogen-bond acceptors (Lipinski definition) is 3. The third-order valence-electron chi connectivity index (χ3n) is 3.88. The molecule has 0 aromatic heterocycles. The van der Waals surface area contributed by atoms with E-state index in [-0.39, 0.29) is 11.6 Å². The van der Waals surface area contributed by atoms with Gasteiger partial charge in [0.2, 0.25) is 0 Å². The van der Waals surface area contributed by atoms with Gasteiger partial charge in [0.25, 0.3) is 5.91 Å². The molecule has 2 aromatic rings. The predicted molar refractivity (Wildman–Crippen MR) is 94.1 cm³/mol. The molecule has 0 saturated carbocycles. The summed E-state index contributed by atoms with van der Waals surface area (Å²) in [7, 11) is 0. The standard InChI is InChI=1S/C20H20F3NO3/c1-14(10-11-15-6-3-2-4-7-15)24-18(25)13-27-19(26)16-8-5-9-17(12-16)20(21,22)23/h2-9,12,14H,10-11,13H2,1H3,(H,24,25)/t14-/m1/s1. The van der Waals surface area contributed by atoms with Crippen LogP contribution in [0.15, 0.2) is 54.6 Å². The van der Waals surface area contributed by atoms with Gasteiger partial charge in [0.1, 0.15) is 0 Å². The summed E-state index contributed by atoms with van der Waals surface area (Å²) in [6.07, 6.45) is -3.06. The van der Waals surface area contributed by atoms with Crippen molar-refractivity contribution in [2.75, 3.05) is 6.61 Å². The highest BCUT2D eigenvalue weighted by molar-refractivity contribution is 5.91. The first-order valence-corrected chi connectivity index (χ1v) is 8.43. The lowest BCUT2D eigenvalue weighted by molar-refractivity contribution is -0.137. The molecular weight excluding hydrogens is 359 g/mol. The van der Waals surface area contributed by atoms with Crippen LogP contribution in [0.1, 0.15) is 34.8 Å². The fourth-order valence-corrected chi connectivity index (χ4v) is 2.45. The van der Waals surface area contributed by atoms with E-state index in [0.29, 0.717) is 12.5 Å². The summed E-state index contributed by atoms with van der Waals surface area (Å²) in [4.78, 5) is 23.7. The number of carbonyl (C=O) groups excluding carboxylic acids is 2. The number of benzene rings is 2. The number of esters is 1. The minimum Gasteiger partial charge on any atom is -0.452 e. The Morgan fingerprint density at radius 2 is 1.78 bits per heavy atom. The third-order valence-corrected chi connectivity index (χ3v) is 3.88. The molecule has 2 aromatic carbocycles. The maximum Gasteiger partial charge on any atom is 0.416 e. The van der Waals surface area contributed by atoms with Crippen LogP contribution in [0, 0.1) is 0 Å². The second-order valence-electron chi connectivity index (χ2n) is 6.15. The molecule has 144 valence electrons. The van der Waals surface area contributed by atoms with Gasteiger partial charge in [-0.2, -0.15) is 13.2 Å². The van der Waals surface area contributed by atoms with Crippen LogP contribution in [0.25, 0.3) is 0 Å². The van der Waals surface area contributed by atoms with Crippen LogP contribution in [0.3, 0.4) is 0 Å².